The highest BCUT2D eigenvalue weighted by Gasteiger charge is 2.52. The fourth-order valence-electron chi connectivity index (χ4n) is 2.11. The lowest BCUT2D eigenvalue weighted by Crippen LogP contribution is -2.33. The minimum absolute atomic E-state index is 0.714. The lowest BCUT2D eigenvalue weighted by molar-refractivity contribution is 0.481. The molecule has 2 nitrogen and oxygen atoms in total. The van der Waals surface area contributed by atoms with Gasteiger partial charge in [-0.1, -0.05) is 6.92 Å². The fourth-order valence-corrected chi connectivity index (χ4v) is 2.11. The molecule has 2 fully saturated rings. The van der Waals surface area contributed by atoms with Gasteiger partial charge in [0.1, 0.15) is 0 Å². The van der Waals surface area contributed by atoms with Gasteiger partial charge < -0.3 is 10.6 Å². The highest BCUT2D eigenvalue weighted by atomic mass is 15.1. The average Bonchev–Trinajstić information content (AvgIpc) is 2.52. The van der Waals surface area contributed by atoms with Gasteiger partial charge in [0, 0.05) is 12.1 Å². The van der Waals surface area contributed by atoms with Gasteiger partial charge in [-0.05, 0) is 38.3 Å². The number of nitrogens with one attached hydrogen (secondary N) is 2. The molecule has 0 aromatic rings. The Morgan fingerprint density at radius 3 is 2.64 bits per heavy atom. The largest absolute Gasteiger partial charge is 0.316 e. The molecule has 1 heterocycles. The molecule has 1 saturated heterocycles. The summed E-state index contributed by atoms with van der Waals surface area (Å²) >= 11 is 0. The van der Waals surface area contributed by atoms with E-state index in [0.717, 1.165) is 17.9 Å². The first kappa shape index (κ1) is 7.56. The van der Waals surface area contributed by atoms with E-state index in [1.165, 1.54) is 19.5 Å². The van der Waals surface area contributed by atoms with E-state index in [0.29, 0.717) is 6.04 Å². The Hall–Kier alpha value is -0.0800. The maximum atomic E-state index is 3.67. The monoisotopic (exact) mass is 154 g/mol. The van der Waals surface area contributed by atoms with E-state index >= 15 is 0 Å². The van der Waals surface area contributed by atoms with Gasteiger partial charge in [0.25, 0.3) is 0 Å². The Morgan fingerprint density at radius 1 is 1.45 bits per heavy atom. The molecule has 1 aliphatic heterocycles. The molecule has 2 rings (SSSR count). The van der Waals surface area contributed by atoms with Crippen LogP contribution < -0.4 is 10.6 Å². The van der Waals surface area contributed by atoms with E-state index in [-0.39, 0.29) is 0 Å². The van der Waals surface area contributed by atoms with Crippen LogP contribution in [0.25, 0.3) is 0 Å². The molecule has 2 heteroatoms. The Bertz CT molecular complexity index is 136. The van der Waals surface area contributed by atoms with Crippen molar-refractivity contribution in [1.82, 2.24) is 10.6 Å². The second-order valence-electron chi connectivity index (χ2n) is 3.99. The van der Waals surface area contributed by atoms with Crippen LogP contribution >= 0.6 is 0 Å². The van der Waals surface area contributed by atoms with Crippen molar-refractivity contribution in [3.05, 3.63) is 0 Å². The van der Waals surface area contributed by atoms with Crippen LogP contribution in [-0.2, 0) is 0 Å². The first-order chi connectivity index (χ1) is 5.33. The summed E-state index contributed by atoms with van der Waals surface area (Å²) in [6, 6.07) is 1.57. The molecule has 2 N–H and O–H groups in total. The second-order valence-corrected chi connectivity index (χ2v) is 3.99. The normalized spacial score (nSPS) is 43.6. The SMILES string of the molecule is CCC(C)NC1C2CNCC21. The molecule has 0 bridgehead atoms. The molecule has 3 atom stereocenters. The Morgan fingerprint density at radius 2 is 2.09 bits per heavy atom. The van der Waals surface area contributed by atoms with Gasteiger partial charge in [-0.3, -0.25) is 0 Å². The van der Waals surface area contributed by atoms with Crippen LogP contribution in [0.4, 0.5) is 0 Å². The molecule has 11 heavy (non-hydrogen) atoms. The summed E-state index contributed by atoms with van der Waals surface area (Å²) in [5.74, 6) is 1.92. The second kappa shape index (κ2) is 2.76. The molecule has 0 amide bonds. The van der Waals surface area contributed by atoms with Crippen LogP contribution in [0.15, 0.2) is 0 Å². The Labute approximate surface area is 68.7 Å². The van der Waals surface area contributed by atoms with Gasteiger partial charge in [-0.25, -0.2) is 0 Å². The van der Waals surface area contributed by atoms with Gasteiger partial charge in [0.05, 0.1) is 0 Å². The highest BCUT2D eigenvalue weighted by molar-refractivity contribution is 5.09. The van der Waals surface area contributed by atoms with Crippen LogP contribution in [0.1, 0.15) is 20.3 Å². The van der Waals surface area contributed by atoms with E-state index in [1.54, 1.807) is 0 Å². The quantitative estimate of drug-likeness (QED) is 0.622. The van der Waals surface area contributed by atoms with Crippen molar-refractivity contribution < 1.29 is 0 Å². The molecule has 3 unspecified atom stereocenters. The van der Waals surface area contributed by atoms with E-state index < -0.39 is 0 Å². The number of fused-ring (bicyclic) bond motifs is 1. The van der Waals surface area contributed by atoms with Gasteiger partial charge >= 0.3 is 0 Å². The molecule has 1 aliphatic carbocycles. The summed E-state index contributed by atoms with van der Waals surface area (Å²) < 4.78 is 0. The zero-order chi connectivity index (χ0) is 7.84. The first-order valence-electron chi connectivity index (χ1n) is 4.79. The van der Waals surface area contributed by atoms with Crippen LogP contribution in [0.3, 0.4) is 0 Å². The minimum atomic E-state index is 0.714. The smallest absolute Gasteiger partial charge is 0.0158 e. The summed E-state index contributed by atoms with van der Waals surface area (Å²) in [5, 5.41) is 7.07. The molecule has 2 aliphatic rings. The lowest BCUT2D eigenvalue weighted by Gasteiger charge is -2.12. The summed E-state index contributed by atoms with van der Waals surface area (Å²) in [7, 11) is 0. The van der Waals surface area contributed by atoms with Crippen molar-refractivity contribution in [2.24, 2.45) is 11.8 Å². The van der Waals surface area contributed by atoms with Crippen molar-refractivity contribution in [2.45, 2.75) is 32.4 Å². The fraction of sp³-hybridized carbons (Fsp3) is 1.00. The average molecular weight is 154 g/mol. The third-order valence-corrected chi connectivity index (χ3v) is 3.18. The topological polar surface area (TPSA) is 24.1 Å². The van der Waals surface area contributed by atoms with Gasteiger partial charge in [-0.15, -0.1) is 0 Å². The highest BCUT2D eigenvalue weighted by Crippen LogP contribution is 2.41. The summed E-state index contributed by atoms with van der Waals surface area (Å²) in [6.45, 7) is 7.02. The van der Waals surface area contributed by atoms with E-state index in [1.807, 2.05) is 0 Å². The van der Waals surface area contributed by atoms with Crippen LogP contribution in [0.2, 0.25) is 0 Å². The van der Waals surface area contributed by atoms with Crippen LogP contribution in [-0.4, -0.2) is 25.2 Å². The number of piperidine rings is 1. The van der Waals surface area contributed by atoms with Crippen molar-refractivity contribution in [3.63, 3.8) is 0 Å². The summed E-state index contributed by atoms with van der Waals surface area (Å²) in [5.41, 5.74) is 0. The van der Waals surface area contributed by atoms with E-state index in [4.69, 9.17) is 0 Å². The van der Waals surface area contributed by atoms with Crippen LogP contribution in [0, 0.1) is 11.8 Å². The molecule has 64 valence electrons. The zero-order valence-corrected chi connectivity index (χ0v) is 7.43. The molecular formula is C9H18N2. The molecule has 1 saturated carbocycles. The molecule has 0 spiro atoms. The van der Waals surface area contributed by atoms with Crippen molar-refractivity contribution in [1.29, 1.82) is 0 Å². The lowest BCUT2D eigenvalue weighted by atomic mass is 10.2. The predicted molar refractivity (Wildman–Crippen MR) is 46.5 cm³/mol. The maximum absolute atomic E-state index is 3.67. The summed E-state index contributed by atoms with van der Waals surface area (Å²) in [4.78, 5) is 0. The third kappa shape index (κ3) is 1.30. The van der Waals surface area contributed by atoms with Crippen molar-refractivity contribution in [3.8, 4) is 0 Å². The Kier molecular flexibility index (Phi) is 1.90. The van der Waals surface area contributed by atoms with Crippen LogP contribution in [0.5, 0.6) is 0 Å². The van der Waals surface area contributed by atoms with Gasteiger partial charge in [-0.2, -0.15) is 0 Å². The molecule has 0 aromatic heterocycles. The Balaban J connectivity index is 1.74. The molecule has 0 radical (unpaired) electrons. The standard InChI is InChI=1S/C9H18N2/c1-3-6(2)11-9-7-4-10-5-8(7)9/h6-11H,3-5H2,1-2H3. The van der Waals surface area contributed by atoms with Gasteiger partial charge in [0.2, 0.25) is 0 Å². The predicted octanol–water partition coefficient (Wildman–Crippen LogP) is 0.592. The minimum Gasteiger partial charge on any atom is -0.316 e. The number of rotatable bonds is 3. The molecule has 0 aromatic carbocycles. The third-order valence-electron chi connectivity index (χ3n) is 3.18. The number of hydrogen-bond acceptors (Lipinski definition) is 2. The number of hydrogen-bond donors (Lipinski definition) is 2. The maximum Gasteiger partial charge on any atom is 0.0158 e. The summed E-state index contributed by atoms with van der Waals surface area (Å²) in [6.07, 6.45) is 1.25. The van der Waals surface area contributed by atoms with E-state index in [2.05, 4.69) is 24.5 Å². The van der Waals surface area contributed by atoms with Gasteiger partial charge in [0.15, 0.2) is 0 Å². The van der Waals surface area contributed by atoms with Crippen molar-refractivity contribution >= 4 is 0 Å². The van der Waals surface area contributed by atoms with Crippen molar-refractivity contribution in [2.75, 3.05) is 13.1 Å². The molecular weight excluding hydrogens is 136 g/mol. The zero-order valence-electron chi connectivity index (χ0n) is 7.43. The van der Waals surface area contributed by atoms with E-state index in [9.17, 15) is 0 Å². The first-order valence-corrected chi connectivity index (χ1v) is 4.79.